The van der Waals surface area contributed by atoms with Gasteiger partial charge in [-0.25, -0.2) is 0 Å². The lowest BCUT2D eigenvalue weighted by molar-refractivity contribution is 0.0891. The van der Waals surface area contributed by atoms with Gasteiger partial charge in [-0.15, -0.1) is 0 Å². The molecule has 5 nitrogen and oxygen atoms in total. The van der Waals surface area contributed by atoms with Crippen molar-refractivity contribution in [3.8, 4) is 0 Å². The molecule has 2 saturated carbocycles. The highest BCUT2D eigenvalue weighted by molar-refractivity contribution is 5.92. The van der Waals surface area contributed by atoms with Gasteiger partial charge in [-0.1, -0.05) is 18.0 Å². The summed E-state index contributed by atoms with van der Waals surface area (Å²) < 4.78 is 5.23. The second kappa shape index (κ2) is 5.20. The molecule has 1 aromatic rings. The molecular formula is C15H23N3O2. The van der Waals surface area contributed by atoms with Gasteiger partial charge in [-0.2, -0.15) is 0 Å². The molecule has 5 heteroatoms. The van der Waals surface area contributed by atoms with Gasteiger partial charge in [0.05, 0.1) is 0 Å². The topological polar surface area (TPSA) is 58.4 Å². The summed E-state index contributed by atoms with van der Waals surface area (Å²) in [6.45, 7) is 0.685. The Morgan fingerprint density at radius 1 is 1.45 bits per heavy atom. The molecule has 0 spiro atoms. The molecule has 0 radical (unpaired) electrons. The van der Waals surface area contributed by atoms with Crippen LogP contribution in [0, 0.1) is 0 Å². The third kappa shape index (κ3) is 2.59. The highest BCUT2D eigenvalue weighted by Crippen LogP contribution is 2.40. The van der Waals surface area contributed by atoms with E-state index < -0.39 is 0 Å². The van der Waals surface area contributed by atoms with Crippen LogP contribution in [0.15, 0.2) is 10.6 Å². The van der Waals surface area contributed by atoms with Crippen LogP contribution in [0.2, 0.25) is 0 Å². The Hall–Kier alpha value is -1.36. The van der Waals surface area contributed by atoms with Crippen molar-refractivity contribution in [1.29, 1.82) is 0 Å². The maximum absolute atomic E-state index is 12.2. The van der Waals surface area contributed by atoms with Crippen LogP contribution in [0.4, 0.5) is 0 Å². The van der Waals surface area contributed by atoms with Gasteiger partial charge in [-0.3, -0.25) is 4.79 Å². The molecule has 1 N–H and O–H groups in total. The quantitative estimate of drug-likeness (QED) is 0.896. The molecule has 1 amide bonds. The molecule has 1 heterocycles. The van der Waals surface area contributed by atoms with E-state index in [4.69, 9.17) is 4.52 Å². The van der Waals surface area contributed by atoms with E-state index in [-0.39, 0.29) is 11.4 Å². The molecule has 0 saturated heterocycles. The number of hydrogen-bond donors (Lipinski definition) is 1. The first kappa shape index (κ1) is 13.6. The van der Waals surface area contributed by atoms with Crippen molar-refractivity contribution in [3.63, 3.8) is 0 Å². The average Bonchev–Trinajstić information content (AvgIpc) is 2.98. The number of aromatic nitrogens is 1. The molecule has 2 fully saturated rings. The summed E-state index contributed by atoms with van der Waals surface area (Å²) >= 11 is 0. The predicted octanol–water partition coefficient (Wildman–Crippen LogP) is 2.16. The molecule has 0 unspecified atom stereocenters. The Labute approximate surface area is 119 Å². The van der Waals surface area contributed by atoms with Crippen LogP contribution in [0.25, 0.3) is 0 Å². The lowest BCUT2D eigenvalue weighted by atomic mass is 9.96. The molecule has 0 atom stereocenters. The first-order valence-electron chi connectivity index (χ1n) is 7.53. The van der Waals surface area contributed by atoms with E-state index in [1.807, 2.05) is 0 Å². The number of likely N-dealkylation sites (N-methyl/N-ethyl adjacent to an activating group) is 1. The van der Waals surface area contributed by atoms with Crippen molar-refractivity contribution in [2.24, 2.45) is 0 Å². The summed E-state index contributed by atoms with van der Waals surface area (Å²) in [5, 5.41) is 6.92. The summed E-state index contributed by atoms with van der Waals surface area (Å²) in [5.41, 5.74) is 0.525. The molecule has 3 rings (SSSR count). The number of rotatable bonds is 5. The summed E-state index contributed by atoms with van der Waals surface area (Å²) in [5.74, 6) is 1.24. The zero-order chi connectivity index (χ0) is 14.2. The number of nitrogens with one attached hydrogen (secondary N) is 1. The van der Waals surface area contributed by atoms with Crippen molar-refractivity contribution in [1.82, 2.24) is 15.4 Å². The van der Waals surface area contributed by atoms with Gasteiger partial charge >= 0.3 is 0 Å². The second-order valence-corrected chi connectivity index (χ2v) is 6.40. The van der Waals surface area contributed by atoms with Crippen LogP contribution in [0.1, 0.15) is 60.7 Å². The van der Waals surface area contributed by atoms with Crippen LogP contribution in [0.3, 0.4) is 0 Å². The Bertz CT molecular complexity index is 485. The number of nitrogens with zero attached hydrogens (tertiary/aromatic N) is 2. The second-order valence-electron chi connectivity index (χ2n) is 6.40. The van der Waals surface area contributed by atoms with Crippen molar-refractivity contribution in [3.05, 3.63) is 17.5 Å². The summed E-state index contributed by atoms with van der Waals surface area (Å²) in [6, 6.07) is 1.80. The maximum Gasteiger partial charge on any atom is 0.273 e. The van der Waals surface area contributed by atoms with E-state index >= 15 is 0 Å². The van der Waals surface area contributed by atoms with E-state index in [1.54, 1.807) is 6.07 Å². The monoisotopic (exact) mass is 277 g/mol. The number of carbonyl (C=O) groups is 1. The standard InChI is InChI=1S/C15H23N3O2/c1-18(2)15(7-3-4-8-15)10-16-14(19)12-9-13(20-17-12)11-5-6-11/h9,11H,3-8,10H2,1-2H3,(H,16,19). The molecule has 2 aliphatic rings. The fourth-order valence-electron chi connectivity index (χ4n) is 3.11. The minimum absolute atomic E-state index is 0.110. The lowest BCUT2D eigenvalue weighted by Gasteiger charge is -2.36. The summed E-state index contributed by atoms with van der Waals surface area (Å²) in [4.78, 5) is 14.4. The predicted molar refractivity (Wildman–Crippen MR) is 75.7 cm³/mol. The molecule has 20 heavy (non-hydrogen) atoms. The minimum Gasteiger partial charge on any atom is -0.360 e. The lowest BCUT2D eigenvalue weighted by Crippen LogP contribution is -2.50. The highest BCUT2D eigenvalue weighted by Gasteiger charge is 2.36. The van der Waals surface area contributed by atoms with Gasteiger partial charge in [0.1, 0.15) is 5.76 Å². The SMILES string of the molecule is CN(C)C1(CNC(=O)c2cc(C3CC3)on2)CCCC1. The van der Waals surface area contributed by atoms with Gasteiger partial charge in [-0.05, 0) is 39.8 Å². The average molecular weight is 277 g/mol. The highest BCUT2D eigenvalue weighted by atomic mass is 16.5. The molecule has 0 aromatic carbocycles. The molecule has 110 valence electrons. The fourth-order valence-corrected chi connectivity index (χ4v) is 3.11. The Morgan fingerprint density at radius 3 is 2.75 bits per heavy atom. The van der Waals surface area contributed by atoms with Crippen LogP contribution >= 0.6 is 0 Å². The molecule has 0 bridgehead atoms. The first-order valence-corrected chi connectivity index (χ1v) is 7.53. The largest absolute Gasteiger partial charge is 0.360 e. The van der Waals surface area contributed by atoms with Crippen LogP contribution in [-0.2, 0) is 0 Å². The Morgan fingerprint density at radius 2 is 2.15 bits per heavy atom. The van der Waals surface area contributed by atoms with Crippen molar-refractivity contribution < 1.29 is 9.32 Å². The van der Waals surface area contributed by atoms with Crippen LogP contribution < -0.4 is 5.32 Å². The van der Waals surface area contributed by atoms with E-state index in [1.165, 1.54) is 12.8 Å². The van der Waals surface area contributed by atoms with Crippen molar-refractivity contribution in [2.45, 2.75) is 50.0 Å². The molecule has 0 aliphatic heterocycles. The Balaban J connectivity index is 1.60. The third-order valence-corrected chi connectivity index (χ3v) is 4.80. The van der Waals surface area contributed by atoms with E-state index in [0.29, 0.717) is 18.2 Å². The molecule has 1 aromatic heterocycles. The van der Waals surface area contributed by atoms with Gasteiger partial charge in [0, 0.05) is 24.1 Å². The van der Waals surface area contributed by atoms with Crippen LogP contribution in [0.5, 0.6) is 0 Å². The van der Waals surface area contributed by atoms with Gasteiger partial charge in [0.2, 0.25) is 0 Å². The zero-order valence-electron chi connectivity index (χ0n) is 12.3. The van der Waals surface area contributed by atoms with Crippen molar-refractivity contribution in [2.75, 3.05) is 20.6 Å². The van der Waals surface area contributed by atoms with Crippen LogP contribution in [-0.4, -0.2) is 42.1 Å². The third-order valence-electron chi connectivity index (χ3n) is 4.80. The summed E-state index contributed by atoms with van der Waals surface area (Å²) in [7, 11) is 4.19. The van der Waals surface area contributed by atoms with E-state index in [2.05, 4.69) is 29.5 Å². The molecule has 2 aliphatic carbocycles. The minimum atomic E-state index is -0.117. The smallest absolute Gasteiger partial charge is 0.273 e. The van der Waals surface area contributed by atoms with Gasteiger partial charge < -0.3 is 14.7 Å². The normalized spacial score (nSPS) is 21.4. The maximum atomic E-state index is 12.2. The van der Waals surface area contributed by atoms with Gasteiger partial charge in [0.25, 0.3) is 5.91 Å². The molecular weight excluding hydrogens is 254 g/mol. The summed E-state index contributed by atoms with van der Waals surface area (Å²) in [6.07, 6.45) is 7.08. The van der Waals surface area contributed by atoms with Gasteiger partial charge in [0.15, 0.2) is 5.69 Å². The zero-order valence-corrected chi connectivity index (χ0v) is 12.3. The number of carbonyl (C=O) groups excluding carboxylic acids is 1. The number of hydrogen-bond acceptors (Lipinski definition) is 4. The first-order chi connectivity index (χ1) is 9.61. The number of amides is 1. The Kier molecular flexibility index (Phi) is 3.54. The fraction of sp³-hybridized carbons (Fsp3) is 0.733. The van der Waals surface area contributed by atoms with Crippen molar-refractivity contribution >= 4 is 5.91 Å². The van der Waals surface area contributed by atoms with E-state index in [0.717, 1.165) is 31.4 Å². The van der Waals surface area contributed by atoms with E-state index in [9.17, 15) is 4.79 Å².